The van der Waals surface area contributed by atoms with Crippen LogP contribution in [-0.2, 0) is 17.8 Å². The first-order valence-corrected chi connectivity index (χ1v) is 14.2. The quantitative estimate of drug-likeness (QED) is 0.0941. The Labute approximate surface area is 243 Å². The fourth-order valence-electron chi connectivity index (χ4n) is 4.74. The number of carbonyl (C=O) groups is 1. The van der Waals surface area contributed by atoms with Crippen LogP contribution in [0.25, 0.3) is 16.5 Å². The first-order chi connectivity index (χ1) is 19.9. The normalized spacial score (nSPS) is 11.6. The molecule has 0 atom stereocenters. The van der Waals surface area contributed by atoms with Crippen LogP contribution in [0.1, 0.15) is 28.1 Å². The van der Waals surface area contributed by atoms with Crippen molar-refractivity contribution < 1.29 is 9.90 Å². The molecule has 0 unspecified atom stereocenters. The number of nitrogens with one attached hydrogen (secondary N) is 1. The summed E-state index contributed by atoms with van der Waals surface area (Å²) in [4.78, 5) is 12.7. The maximum Gasteiger partial charge on any atom is 0.265 e. The Balaban J connectivity index is 1.43. The standard InChI is InChI=1S/C33H29N5O2S/c1-22-15-16-29(23(2)17-22)38-31(18-26-13-8-12-25-11-6-7-14-27(25)26)36-37-33(38)41-21-30(39)28(19-34)32(40)35-20-24-9-4-3-5-10-24/h3-17,39H,18,20-21H2,1-2H3,(H,35,40)/b30-28-. The van der Waals surface area contributed by atoms with Crippen LogP contribution >= 0.6 is 11.8 Å². The average Bonchev–Trinajstić information content (AvgIpc) is 3.38. The van der Waals surface area contributed by atoms with Crippen molar-refractivity contribution in [3.63, 3.8) is 0 Å². The van der Waals surface area contributed by atoms with Crippen molar-refractivity contribution in [2.75, 3.05) is 5.75 Å². The van der Waals surface area contributed by atoms with Crippen LogP contribution in [0.2, 0.25) is 0 Å². The Bertz CT molecular complexity index is 1780. The van der Waals surface area contributed by atoms with E-state index in [0.717, 1.165) is 44.5 Å². The number of rotatable bonds is 9. The van der Waals surface area contributed by atoms with Crippen LogP contribution in [0, 0.1) is 25.2 Å². The molecular weight excluding hydrogens is 530 g/mol. The second-order valence-corrected chi connectivity index (χ2v) is 10.7. The lowest BCUT2D eigenvalue weighted by molar-refractivity contribution is -0.117. The van der Waals surface area contributed by atoms with Gasteiger partial charge < -0.3 is 10.4 Å². The number of aliphatic hydroxyl groups excluding tert-OH is 1. The van der Waals surface area contributed by atoms with Crippen molar-refractivity contribution in [2.24, 2.45) is 0 Å². The van der Waals surface area contributed by atoms with Gasteiger partial charge in [-0.3, -0.25) is 9.36 Å². The number of hydrogen-bond acceptors (Lipinski definition) is 6. The maximum absolute atomic E-state index is 12.7. The molecule has 0 saturated carbocycles. The number of aliphatic hydroxyl groups is 1. The zero-order valence-corrected chi connectivity index (χ0v) is 23.7. The highest BCUT2D eigenvalue weighted by Crippen LogP contribution is 2.29. The molecule has 0 radical (unpaired) electrons. The summed E-state index contributed by atoms with van der Waals surface area (Å²) in [6.07, 6.45) is 0.551. The fourth-order valence-corrected chi connectivity index (χ4v) is 5.58. The second kappa shape index (κ2) is 12.5. The number of aryl methyl sites for hydroxylation is 2. The van der Waals surface area contributed by atoms with E-state index in [2.05, 4.69) is 45.8 Å². The average molecular weight is 560 g/mol. The van der Waals surface area contributed by atoms with Gasteiger partial charge in [0.25, 0.3) is 5.91 Å². The largest absolute Gasteiger partial charge is 0.510 e. The number of nitrogens with zero attached hydrogens (tertiary/aromatic N) is 4. The summed E-state index contributed by atoms with van der Waals surface area (Å²) in [7, 11) is 0. The predicted molar refractivity (Wildman–Crippen MR) is 162 cm³/mol. The molecule has 8 heteroatoms. The molecule has 0 bridgehead atoms. The molecule has 1 aromatic heterocycles. The fraction of sp³-hybridized carbons (Fsp3) is 0.152. The molecule has 41 heavy (non-hydrogen) atoms. The van der Waals surface area contributed by atoms with Crippen molar-refractivity contribution in [1.82, 2.24) is 20.1 Å². The Hall–Kier alpha value is -4.87. The lowest BCUT2D eigenvalue weighted by atomic mass is 10.0. The predicted octanol–water partition coefficient (Wildman–Crippen LogP) is 6.37. The van der Waals surface area contributed by atoms with Crippen LogP contribution in [0.5, 0.6) is 0 Å². The van der Waals surface area contributed by atoms with E-state index in [0.29, 0.717) is 11.6 Å². The van der Waals surface area contributed by atoms with Gasteiger partial charge in [-0.05, 0) is 47.4 Å². The van der Waals surface area contributed by atoms with Crippen molar-refractivity contribution >= 4 is 28.4 Å². The lowest BCUT2D eigenvalue weighted by Crippen LogP contribution is -2.25. The zero-order chi connectivity index (χ0) is 28.8. The number of nitriles is 1. The summed E-state index contributed by atoms with van der Waals surface area (Å²) >= 11 is 1.22. The summed E-state index contributed by atoms with van der Waals surface area (Å²) in [5.41, 5.74) is 4.84. The van der Waals surface area contributed by atoms with E-state index in [1.165, 1.54) is 11.8 Å². The highest BCUT2D eigenvalue weighted by Gasteiger charge is 2.20. The van der Waals surface area contributed by atoms with Crippen molar-refractivity contribution in [3.8, 4) is 11.8 Å². The van der Waals surface area contributed by atoms with Gasteiger partial charge in [-0.15, -0.1) is 10.2 Å². The van der Waals surface area contributed by atoms with Gasteiger partial charge in [-0.2, -0.15) is 5.26 Å². The van der Waals surface area contributed by atoms with Crippen LogP contribution in [0.3, 0.4) is 0 Å². The highest BCUT2D eigenvalue weighted by atomic mass is 32.2. The van der Waals surface area contributed by atoms with Crippen LogP contribution in [-0.4, -0.2) is 31.5 Å². The first-order valence-electron chi connectivity index (χ1n) is 13.2. The molecule has 2 N–H and O–H groups in total. The first kappa shape index (κ1) is 27.7. The van der Waals surface area contributed by atoms with Gasteiger partial charge in [0, 0.05) is 13.0 Å². The maximum atomic E-state index is 12.7. The molecule has 0 aliphatic carbocycles. The molecule has 5 aromatic rings. The van der Waals surface area contributed by atoms with E-state index >= 15 is 0 Å². The molecular formula is C33H29N5O2S. The summed E-state index contributed by atoms with van der Waals surface area (Å²) in [5, 5.41) is 35.0. The van der Waals surface area contributed by atoms with Crippen molar-refractivity contribution in [2.45, 2.75) is 32.0 Å². The molecule has 1 amide bonds. The summed E-state index contributed by atoms with van der Waals surface area (Å²) in [6, 6.07) is 31.9. The minimum Gasteiger partial charge on any atom is -0.510 e. The smallest absolute Gasteiger partial charge is 0.265 e. The van der Waals surface area contributed by atoms with Gasteiger partial charge in [-0.25, -0.2) is 0 Å². The molecule has 4 aromatic carbocycles. The van der Waals surface area contributed by atoms with Gasteiger partial charge in [0.1, 0.15) is 17.7 Å². The SMILES string of the molecule is Cc1ccc(-n2c(Cc3cccc4ccccc34)nnc2SC/C(O)=C(\C#N)C(=O)NCc2ccccc2)c(C)c1. The molecule has 1 heterocycles. The summed E-state index contributed by atoms with van der Waals surface area (Å²) < 4.78 is 2.00. The summed E-state index contributed by atoms with van der Waals surface area (Å²) in [5.74, 6) is -0.199. The van der Waals surface area contributed by atoms with Crippen molar-refractivity contribution in [3.05, 3.63) is 130 Å². The van der Waals surface area contributed by atoms with E-state index in [-0.39, 0.29) is 23.6 Å². The molecule has 0 spiro atoms. The van der Waals surface area contributed by atoms with Crippen LogP contribution < -0.4 is 5.32 Å². The third kappa shape index (κ3) is 6.32. The van der Waals surface area contributed by atoms with E-state index in [1.54, 1.807) is 0 Å². The molecule has 7 nitrogen and oxygen atoms in total. The third-order valence-electron chi connectivity index (χ3n) is 6.78. The van der Waals surface area contributed by atoms with Gasteiger partial charge in [0.2, 0.25) is 0 Å². The Morgan fingerprint density at radius 2 is 1.73 bits per heavy atom. The van der Waals surface area contributed by atoms with Gasteiger partial charge in [0.15, 0.2) is 10.7 Å². The Morgan fingerprint density at radius 1 is 0.976 bits per heavy atom. The molecule has 0 fully saturated rings. The van der Waals surface area contributed by atoms with E-state index in [1.807, 2.05) is 85.1 Å². The number of benzene rings is 4. The third-order valence-corrected chi connectivity index (χ3v) is 7.72. The highest BCUT2D eigenvalue weighted by molar-refractivity contribution is 7.99. The van der Waals surface area contributed by atoms with Crippen LogP contribution in [0.15, 0.2) is 107 Å². The van der Waals surface area contributed by atoms with E-state index in [9.17, 15) is 15.2 Å². The topological polar surface area (TPSA) is 104 Å². The van der Waals surface area contributed by atoms with Gasteiger partial charge in [0.05, 0.1) is 11.4 Å². The Morgan fingerprint density at radius 3 is 2.51 bits per heavy atom. The lowest BCUT2D eigenvalue weighted by Gasteiger charge is -2.14. The zero-order valence-electron chi connectivity index (χ0n) is 22.8. The minimum atomic E-state index is -0.623. The van der Waals surface area contributed by atoms with E-state index in [4.69, 9.17) is 0 Å². The van der Waals surface area contributed by atoms with Gasteiger partial charge >= 0.3 is 0 Å². The monoisotopic (exact) mass is 559 g/mol. The number of aromatic nitrogens is 3. The molecule has 5 rings (SSSR count). The number of hydrogen-bond donors (Lipinski definition) is 2. The molecule has 0 aliphatic heterocycles. The van der Waals surface area contributed by atoms with Crippen molar-refractivity contribution in [1.29, 1.82) is 5.26 Å². The Kier molecular flexibility index (Phi) is 8.47. The van der Waals surface area contributed by atoms with E-state index < -0.39 is 5.91 Å². The van der Waals surface area contributed by atoms with Crippen LogP contribution in [0.4, 0.5) is 0 Å². The number of fused-ring (bicyclic) bond motifs is 1. The number of amides is 1. The molecule has 204 valence electrons. The number of thioether (sulfide) groups is 1. The molecule has 0 saturated heterocycles. The minimum absolute atomic E-state index is 0.0149. The number of carbonyl (C=O) groups excluding carboxylic acids is 1. The molecule has 0 aliphatic rings. The van der Waals surface area contributed by atoms with Gasteiger partial charge in [-0.1, -0.05) is 102 Å². The second-order valence-electron chi connectivity index (χ2n) is 9.73. The summed E-state index contributed by atoms with van der Waals surface area (Å²) in [6.45, 7) is 4.34.